The molecule has 160 valence electrons. The van der Waals surface area contributed by atoms with Gasteiger partial charge in [-0.2, -0.15) is 0 Å². The van der Waals surface area contributed by atoms with Crippen molar-refractivity contribution in [2.75, 3.05) is 39.9 Å². The number of hydrogen-bond acceptors (Lipinski definition) is 4. The van der Waals surface area contributed by atoms with Crippen molar-refractivity contribution in [3.8, 4) is 0 Å². The summed E-state index contributed by atoms with van der Waals surface area (Å²) in [5.41, 5.74) is 2.63. The summed E-state index contributed by atoms with van der Waals surface area (Å²) in [5, 5.41) is 6.98. The van der Waals surface area contributed by atoms with Crippen molar-refractivity contribution in [1.82, 2.24) is 15.5 Å². The second kappa shape index (κ2) is 10.3. The smallest absolute Gasteiger partial charge is 0.191 e. The molecular weight excluding hydrogens is 392 g/mol. The Morgan fingerprint density at radius 1 is 1.00 bits per heavy atom. The maximum absolute atomic E-state index is 5.43. The van der Waals surface area contributed by atoms with E-state index in [0.717, 1.165) is 51.9 Å². The van der Waals surface area contributed by atoms with Crippen LogP contribution in [0.25, 0.3) is 0 Å². The van der Waals surface area contributed by atoms with E-state index in [9.17, 15) is 0 Å². The molecule has 1 saturated heterocycles. The fourth-order valence-electron chi connectivity index (χ4n) is 3.62. The minimum atomic E-state index is 0.306. The number of thioether (sulfide) groups is 1. The lowest BCUT2D eigenvalue weighted by molar-refractivity contribution is 0.0342. The first-order valence-corrected chi connectivity index (χ1v) is 11.6. The molecule has 30 heavy (non-hydrogen) atoms. The van der Waals surface area contributed by atoms with E-state index in [1.165, 1.54) is 28.9 Å². The minimum Gasteiger partial charge on any atom is -0.379 e. The molecule has 0 aromatic heterocycles. The van der Waals surface area contributed by atoms with Crippen molar-refractivity contribution in [3.05, 3.63) is 65.7 Å². The van der Waals surface area contributed by atoms with E-state index in [2.05, 4.69) is 75.1 Å². The molecule has 0 bridgehead atoms. The van der Waals surface area contributed by atoms with Gasteiger partial charge in [-0.3, -0.25) is 9.89 Å². The highest BCUT2D eigenvalue weighted by molar-refractivity contribution is 8.01. The maximum atomic E-state index is 5.43. The lowest BCUT2D eigenvalue weighted by Gasteiger charge is -2.26. The van der Waals surface area contributed by atoms with Gasteiger partial charge in [-0.05, 0) is 36.1 Å². The SMILES string of the molecule is CN=C(NCc1ccc(CN2CCOCC2)cc1)NCC1(Sc2ccccc2)CC1. The molecule has 0 unspecified atom stereocenters. The second-order valence-corrected chi connectivity index (χ2v) is 9.62. The maximum Gasteiger partial charge on any atom is 0.191 e. The van der Waals surface area contributed by atoms with Crippen molar-refractivity contribution in [1.29, 1.82) is 0 Å². The molecule has 1 aliphatic heterocycles. The molecule has 2 aromatic rings. The molecule has 1 aliphatic carbocycles. The summed E-state index contributed by atoms with van der Waals surface area (Å²) in [5.74, 6) is 0.868. The van der Waals surface area contributed by atoms with Gasteiger partial charge >= 0.3 is 0 Å². The first-order chi connectivity index (χ1) is 14.7. The quantitative estimate of drug-likeness (QED) is 0.502. The van der Waals surface area contributed by atoms with Gasteiger partial charge in [0, 0.05) is 49.4 Å². The van der Waals surface area contributed by atoms with Gasteiger partial charge < -0.3 is 15.4 Å². The van der Waals surface area contributed by atoms with Gasteiger partial charge in [0.1, 0.15) is 0 Å². The summed E-state index contributed by atoms with van der Waals surface area (Å²) in [6, 6.07) is 19.6. The van der Waals surface area contributed by atoms with E-state index in [1.807, 2.05) is 18.8 Å². The summed E-state index contributed by atoms with van der Waals surface area (Å²) in [6.45, 7) is 6.45. The van der Waals surface area contributed by atoms with Gasteiger partial charge in [0.25, 0.3) is 0 Å². The van der Waals surface area contributed by atoms with E-state index in [-0.39, 0.29) is 0 Å². The first-order valence-electron chi connectivity index (χ1n) is 10.8. The van der Waals surface area contributed by atoms with Crippen LogP contribution in [0, 0.1) is 0 Å². The predicted molar refractivity (Wildman–Crippen MR) is 125 cm³/mol. The van der Waals surface area contributed by atoms with Gasteiger partial charge in [0.15, 0.2) is 5.96 Å². The summed E-state index contributed by atoms with van der Waals surface area (Å²) >= 11 is 1.98. The van der Waals surface area contributed by atoms with Crippen LogP contribution < -0.4 is 10.6 Å². The monoisotopic (exact) mass is 424 g/mol. The zero-order valence-electron chi connectivity index (χ0n) is 17.8. The van der Waals surface area contributed by atoms with E-state index in [0.29, 0.717) is 4.75 Å². The number of guanidine groups is 1. The van der Waals surface area contributed by atoms with Crippen LogP contribution in [-0.4, -0.2) is 55.5 Å². The first kappa shape index (κ1) is 21.2. The van der Waals surface area contributed by atoms with E-state index < -0.39 is 0 Å². The number of morpholine rings is 1. The number of nitrogens with one attached hydrogen (secondary N) is 2. The number of rotatable bonds is 8. The Balaban J connectivity index is 1.21. The third-order valence-electron chi connectivity index (χ3n) is 5.68. The minimum absolute atomic E-state index is 0.306. The predicted octanol–water partition coefficient (Wildman–Crippen LogP) is 3.51. The number of hydrogen-bond donors (Lipinski definition) is 2. The Bertz CT molecular complexity index is 815. The van der Waals surface area contributed by atoms with E-state index >= 15 is 0 Å². The molecule has 2 fully saturated rings. The highest BCUT2D eigenvalue weighted by Crippen LogP contribution is 2.51. The van der Waals surface area contributed by atoms with E-state index in [4.69, 9.17) is 4.74 Å². The molecule has 0 atom stereocenters. The Morgan fingerprint density at radius 3 is 2.37 bits per heavy atom. The van der Waals surface area contributed by atoms with Crippen LogP contribution in [-0.2, 0) is 17.8 Å². The molecule has 2 aliphatic rings. The summed E-state index contributed by atoms with van der Waals surface area (Å²) < 4.78 is 5.73. The van der Waals surface area contributed by atoms with E-state index in [1.54, 1.807) is 0 Å². The normalized spacial score (nSPS) is 18.8. The fraction of sp³-hybridized carbons (Fsp3) is 0.458. The van der Waals surface area contributed by atoms with Crippen LogP contribution in [0.5, 0.6) is 0 Å². The van der Waals surface area contributed by atoms with Crippen LogP contribution in [0.3, 0.4) is 0 Å². The lowest BCUT2D eigenvalue weighted by Crippen LogP contribution is -2.40. The zero-order chi connectivity index (χ0) is 20.7. The molecule has 0 spiro atoms. The van der Waals surface area contributed by atoms with Crippen LogP contribution in [0.15, 0.2) is 64.5 Å². The molecule has 2 N–H and O–H groups in total. The molecule has 5 nitrogen and oxygen atoms in total. The topological polar surface area (TPSA) is 48.9 Å². The van der Waals surface area contributed by atoms with Crippen LogP contribution >= 0.6 is 11.8 Å². The van der Waals surface area contributed by atoms with Crippen molar-refractivity contribution in [3.63, 3.8) is 0 Å². The Kier molecular flexibility index (Phi) is 7.31. The van der Waals surface area contributed by atoms with Gasteiger partial charge in [-0.15, -0.1) is 11.8 Å². The summed E-state index contributed by atoms with van der Waals surface area (Å²) in [6.07, 6.45) is 2.50. The molecular formula is C24H32N4OS. The molecule has 1 heterocycles. The number of benzene rings is 2. The number of aliphatic imine (C=N–C) groups is 1. The fourth-order valence-corrected chi connectivity index (χ4v) is 4.87. The van der Waals surface area contributed by atoms with Crippen LogP contribution in [0.4, 0.5) is 0 Å². The zero-order valence-corrected chi connectivity index (χ0v) is 18.6. The summed E-state index contributed by atoms with van der Waals surface area (Å²) in [4.78, 5) is 8.20. The average Bonchev–Trinajstić information content (AvgIpc) is 3.56. The third-order valence-corrected chi connectivity index (χ3v) is 7.17. The van der Waals surface area contributed by atoms with Gasteiger partial charge in [0.05, 0.1) is 13.2 Å². The standard InChI is InChI=1S/C24H32N4OS/c1-25-23(27-19-24(11-12-24)30-22-5-3-2-4-6-22)26-17-20-7-9-21(10-8-20)18-28-13-15-29-16-14-28/h2-10H,11-19H2,1H3,(H2,25,26,27). The Hall–Kier alpha value is -2.02. The number of nitrogens with zero attached hydrogens (tertiary/aromatic N) is 2. The van der Waals surface area contributed by atoms with Crippen LogP contribution in [0.2, 0.25) is 0 Å². The molecule has 6 heteroatoms. The highest BCUT2D eigenvalue weighted by Gasteiger charge is 2.43. The molecule has 0 radical (unpaired) electrons. The third kappa shape index (κ3) is 6.24. The molecule has 1 saturated carbocycles. The largest absolute Gasteiger partial charge is 0.379 e. The van der Waals surface area contributed by atoms with Crippen molar-refractivity contribution < 1.29 is 4.74 Å². The van der Waals surface area contributed by atoms with Gasteiger partial charge in [0.2, 0.25) is 0 Å². The highest BCUT2D eigenvalue weighted by atomic mass is 32.2. The Labute approximate surface area is 184 Å². The molecule has 4 rings (SSSR count). The van der Waals surface area contributed by atoms with Crippen molar-refractivity contribution in [2.24, 2.45) is 4.99 Å². The average molecular weight is 425 g/mol. The Morgan fingerprint density at radius 2 is 1.70 bits per heavy atom. The summed E-state index contributed by atoms with van der Waals surface area (Å²) in [7, 11) is 1.84. The van der Waals surface area contributed by atoms with Crippen LogP contribution in [0.1, 0.15) is 24.0 Å². The second-order valence-electron chi connectivity index (χ2n) is 8.08. The molecule has 0 amide bonds. The van der Waals surface area contributed by atoms with Gasteiger partial charge in [-0.1, -0.05) is 42.5 Å². The lowest BCUT2D eigenvalue weighted by atomic mass is 10.1. The molecule has 2 aromatic carbocycles. The van der Waals surface area contributed by atoms with Crippen molar-refractivity contribution >= 4 is 17.7 Å². The van der Waals surface area contributed by atoms with Crippen molar-refractivity contribution in [2.45, 2.75) is 35.6 Å². The van der Waals surface area contributed by atoms with Gasteiger partial charge in [-0.25, -0.2) is 0 Å². The number of ether oxygens (including phenoxy) is 1.